The van der Waals surface area contributed by atoms with Gasteiger partial charge in [-0.3, -0.25) is 9.59 Å². The molecule has 0 aromatic heterocycles. The van der Waals surface area contributed by atoms with E-state index in [2.05, 4.69) is 38.1 Å². The lowest BCUT2D eigenvalue weighted by Gasteiger charge is -2.23. The minimum atomic E-state index is -0.277. The first kappa shape index (κ1) is 16.5. The fraction of sp³-hybridized carbons (Fsp3) is 0.556. The molecule has 0 radical (unpaired) electrons. The van der Waals surface area contributed by atoms with Crippen molar-refractivity contribution in [1.82, 2.24) is 9.80 Å². The normalized spacial score (nSPS) is 18.1. The zero-order valence-electron chi connectivity index (χ0n) is 14.0. The second kappa shape index (κ2) is 6.95. The molecule has 1 fully saturated rings. The number of aryl methyl sites for hydroxylation is 1. The van der Waals surface area contributed by atoms with Gasteiger partial charge in [-0.05, 0) is 29.9 Å². The molecule has 4 heteroatoms. The summed E-state index contributed by atoms with van der Waals surface area (Å²) in [5, 5.41) is 0. The maximum Gasteiger partial charge on any atom is 0.245 e. The fourth-order valence-electron chi connectivity index (χ4n) is 2.83. The number of nitrogens with zero attached hydrogens (tertiary/aromatic N) is 2. The van der Waals surface area contributed by atoms with Crippen LogP contribution in [0.15, 0.2) is 24.3 Å². The molecule has 0 saturated carbocycles. The Hall–Kier alpha value is -1.84. The molecule has 1 aliphatic heterocycles. The van der Waals surface area contributed by atoms with E-state index in [9.17, 15) is 9.59 Å². The Morgan fingerprint density at radius 3 is 2.45 bits per heavy atom. The predicted molar refractivity (Wildman–Crippen MR) is 87.7 cm³/mol. The highest BCUT2D eigenvalue weighted by Crippen LogP contribution is 2.17. The smallest absolute Gasteiger partial charge is 0.245 e. The lowest BCUT2D eigenvalue weighted by atomic mass is 10.00. The van der Waals surface area contributed by atoms with Gasteiger partial charge in [-0.15, -0.1) is 0 Å². The molecule has 1 atom stereocenters. The van der Waals surface area contributed by atoms with Gasteiger partial charge in [0, 0.05) is 27.1 Å². The summed E-state index contributed by atoms with van der Waals surface area (Å²) >= 11 is 0. The molecule has 1 aromatic carbocycles. The van der Waals surface area contributed by atoms with Gasteiger partial charge < -0.3 is 9.80 Å². The number of amides is 2. The van der Waals surface area contributed by atoms with E-state index in [-0.39, 0.29) is 17.9 Å². The summed E-state index contributed by atoms with van der Waals surface area (Å²) < 4.78 is 0. The Balaban J connectivity index is 1.88. The molecule has 2 rings (SSSR count). The van der Waals surface area contributed by atoms with Crippen molar-refractivity contribution in [3.63, 3.8) is 0 Å². The van der Waals surface area contributed by atoms with Crippen LogP contribution in [0, 0.1) is 0 Å². The summed E-state index contributed by atoms with van der Waals surface area (Å²) in [5.74, 6) is 0.617. The standard InChI is InChI=1S/C18H26N2O2/c1-13(2)15-8-5-14(6-9-15)7-10-17(21)20(4)16-11-12-19(3)18(16)22/h5-6,8-9,13,16H,7,10-12H2,1-4H3/t16-/m1/s1. The molecule has 1 saturated heterocycles. The van der Waals surface area contributed by atoms with E-state index in [0.717, 1.165) is 19.4 Å². The molecule has 1 aliphatic rings. The van der Waals surface area contributed by atoms with Crippen molar-refractivity contribution in [2.45, 2.75) is 45.1 Å². The Labute approximate surface area is 133 Å². The van der Waals surface area contributed by atoms with Crippen molar-refractivity contribution in [3.8, 4) is 0 Å². The molecule has 4 nitrogen and oxygen atoms in total. The van der Waals surface area contributed by atoms with Gasteiger partial charge in [0.15, 0.2) is 0 Å². The summed E-state index contributed by atoms with van der Waals surface area (Å²) in [7, 11) is 3.53. The Kier molecular flexibility index (Phi) is 5.22. The number of carbonyl (C=O) groups is 2. The average Bonchev–Trinajstić information content (AvgIpc) is 2.84. The minimum absolute atomic E-state index is 0.0431. The molecular formula is C18H26N2O2. The van der Waals surface area contributed by atoms with Crippen LogP contribution in [0.5, 0.6) is 0 Å². The quantitative estimate of drug-likeness (QED) is 0.838. The number of rotatable bonds is 5. The summed E-state index contributed by atoms with van der Waals surface area (Å²) in [5.41, 5.74) is 2.48. The van der Waals surface area contributed by atoms with Crippen LogP contribution >= 0.6 is 0 Å². The van der Waals surface area contributed by atoms with Crippen LogP contribution < -0.4 is 0 Å². The minimum Gasteiger partial charge on any atom is -0.344 e. The van der Waals surface area contributed by atoms with Gasteiger partial charge in [0.05, 0.1) is 0 Å². The number of hydrogen-bond acceptors (Lipinski definition) is 2. The molecular weight excluding hydrogens is 276 g/mol. The van der Waals surface area contributed by atoms with Crippen molar-refractivity contribution < 1.29 is 9.59 Å². The van der Waals surface area contributed by atoms with Gasteiger partial charge >= 0.3 is 0 Å². The van der Waals surface area contributed by atoms with Gasteiger partial charge in [-0.2, -0.15) is 0 Å². The zero-order valence-corrected chi connectivity index (χ0v) is 14.0. The van der Waals surface area contributed by atoms with Gasteiger partial charge in [-0.25, -0.2) is 0 Å². The molecule has 0 bridgehead atoms. The first-order valence-electron chi connectivity index (χ1n) is 7.99. The Bertz CT molecular complexity index is 537. The van der Waals surface area contributed by atoms with E-state index in [1.54, 1.807) is 23.9 Å². The SMILES string of the molecule is CC(C)c1ccc(CCC(=O)N(C)[C@@H]2CCN(C)C2=O)cc1. The van der Waals surface area contributed by atoms with Crippen LogP contribution in [0.3, 0.4) is 0 Å². The highest BCUT2D eigenvalue weighted by molar-refractivity contribution is 5.88. The second-order valence-corrected chi connectivity index (χ2v) is 6.47. The van der Waals surface area contributed by atoms with Gasteiger partial charge in [0.1, 0.15) is 6.04 Å². The van der Waals surface area contributed by atoms with Crippen LogP contribution in [0.25, 0.3) is 0 Å². The van der Waals surface area contributed by atoms with Crippen molar-refractivity contribution in [3.05, 3.63) is 35.4 Å². The predicted octanol–water partition coefficient (Wildman–Crippen LogP) is 2.43. The van der Waals surface area contributed by atoms with Gasteiger partial charge in [-0.1, -0.05) is 38.1 Å². The van der Waals surface area contributed by atoms with E-state index in [0.29, 0.717) is 12.3 Å². The van der Waals surface area contributed by atoms with Gasteiger partial charge in [0.25, 0.3) is 0 Å². The molecule has 0 spiro atoms. The van der Waals surface area contributed by atoms with E-state index in [4.69, 9.17) is 0 Å². The molecule has 0 aliphatic carbocycles. The zero-order chi connectivity index (χ0) is 16.3. The maximum atomic E-state index is 12.3. The topological polar surface area (TPSA) is 40.6 Å². The number of benzene rings is 1. The maximum absolute atomic E-state index is 12.3. The Morgan fingerprint density at radius 2 is 1.95 bits per heavy atom. The van der Waals surface area contributed by atoms with Crippen molar-refractivity contribution in [1.29, 1.82) is 0 Å². The molecule has 1 heterocycles. The van der Waals surface area contributed by atoms with Crippen LogP contribution in [0.2, 0.25) is 0 Å². The summed E-state index contributed by atoms with van der Waals surface area (Å²) in [4.78, 5) is 27.6. The molecule has 120 valence electrons. The van der Waals surface area contributed by atoms with E-state index in [1.165, 1.54) is 11.1 Å². The lowest BCUT2D eigenvalue weighted by molar-refractivity contribution is -0.140. The molecule has 22 heavy (non-hydrogen) atoms. The number of carbonyl (C=O) groups excluding carboxylic acids is 2. The van der Waals surface area contributed by atoms with Crippen molar-refractivity contribution in [2.24, 2.45) is 0 Å². The number of hydrogen-bond donors (Lipinski definition) is 0. The third-order valence-electron chi connectivity index (χ3n) is 4.53. The van der Waals surface area contributed by atoms with Crippen LogP contribution in [-0.2, 0) is 16.0 Å². The van der Waals surface area contributed by atoms with Gasteiger partial charge in [0.2, 0.25) is 11.8 Å². The van der Waals surface area contributed by atoms with Crippen molar-refractivity contribution in [2.75, 3.05) is 20.6 Å². The Morgan fingerprint density at radius 1 is 1.32 bits per heavy atom. The highest BCUT2D eigenvalue weighted by atomic mass is 16.2. The molecule has 0 unspecified atom stereocenters. The van der Waals surface area contributed by atoms with Crippen molar-refractivity contribution >= 4 is 11.8 Å². The van der Waals surface area contributed by atoms with Crippen LogP contribution in [0.4, 0.5) is 0 Å². The molecule has 1 aromatic rings. The molecule has 2 amide bonds. The lowest BCUT2D eigenvalue weighted by Crippen LogP contribution is -2.42. The largest absolute Gasteiger partial charge is 0.344 e. The first-order valence-corrected chi connectivity index (χ1v) is 7.99. The number of likely N-dealkylation sites (tertiary alicyclic amines) is 1. The summed E-state index contributed by atoms with van der Waals surface area (Å²) in [6.45, 7) is 5.07. The first-order chi connectivity index (χ1) is 10.4. The highest BCUT2D eigenvalue weighted by Gasteiger charge is 2.34. The summed E-state index contributed by atoms with van der Waals surface area (Å²) in [6.07, 6.45) is 1.91. The van der Waals surface area contributed by atoms with Crippen LogP contribution in [-0.4, -0.2) is 48.3 Å². The second-order valence-electron chi connectivity index (χ2n) is 6.47. The summed E-state index contributed by atoms with van der Waals surface area (Å²) in [6, 6.07) is 8.17. The third kappa shape index (κ3) is 3.67. The van der Waals surface area contributed by atoms with E-state index >= 15 is 0 Å². The fourth-order valence-corrected chi connectivity index (χ4v) is 2.83. The monoisotopic (exact) mass is 302 g/mol. The van der Waals surface area contributed by atoms with E-state index in [1.807, 2.05) is 0 Å². The third-order valence-corrected chi connectivity index (χ3v) is 4.53. The molecule has 0 N–H and O–H groups in total. The van der Waals surface area contributed by atoms with E-state index < -0.39 is 0 Å². The van der Waals surface area contributed by atoms with Crippen LogP contribution in [0.1, 0.15) is 43.7 Å². The number of likely N-dealkylation sites (N-methyl/N-ethyl adjacent to an activating group) is 2. The average molecular weight is 302 g/mol.